The molecule has 0 saturated heterocycles. The first-order valence-electron chi connectivity index (χ1n) is 6.78. The van der Waals surface area contributed by atoms with Crippen molar-refractivity contribution in [3.8, 4) is 0 Å². The molecule has 0 atom stereocenters. The first-order valence-corrected chi connectivity index (χ1v) is 6.78. The third-order valence-corrected chi connectivity index (χ3v) is 3.22. The highest BCUT2D eigenvalue weighted by Crippen LogP contribution is 2.31. The lowest BCUT2D eigenvalue weighted by atomic mass is 10.1. The number of carbonyl (C=O) groups is 1. The number of hydrogen-bond donors (Lipinski definition) is 1. The molecule has 2 aromatic carbocycles. The summed E-state index contributed by atoms with van der Waals surface area (Å²) >= 11 is 0. The smallest absolute Gasteiger partial charge is 0.324 e. The summed E-state index contributed by atoms with van der Waals surface area (Å²) in [6.07, 6.45) is -5.22. The van der Waals surface area contributed by atoms with Gasteiger partial charge in [-0.05, 0) is 36.2 Å². The maximum atomic E-state index is 13.5. The largest absolute Gasteiger partial charge is 0.416 e. The van der Waals surface area contributed by atoms with Crippen LogP contribution in [0.2, 0.25) is 0 Å². The van der Waals surface area contributed by atoms with Crippen LogP contribution < -0.4 is 5.32 Å². The molecule has 24 heavy (non-hydrogen) atoms. The molecule has 0 radical (unpaired) electrons. The summed E-state index contributed by atoms with van der Waals surface area (Å²) in [5.41, 5.74) is -1.81. The zero-order valence-electron chi connectivity index (χ0n) is 12.1. The third-order valence-electron chi connectivity index (χ3n) is 3.22. The number of amides is 1. The van der Waals surface area contributed by atoms with Gasteiger partial charge in [0.1, 0.15) is 5.82 Å². The highest BCUT2D eigenvalue weighted by atomic mass is 19.4. The highest BCUT2D eigenvalue weighted by Gasteiger charge is 2.31. The van der Waals surface area contributed by atoms with E-state index >= 15 is 0 Å². The molecule has 0 aromatic heterocycles. The molecular weight excluding hydrogens is 336 g/mol. The van der Waals surface area contributed by atoms with Gasteiger partial charge in [0.05, 0.1) is 11.3 Å². The molecule has 0 saturated carbocycles. The lowest BCUT2D eigenvalue weighted by Crippen LogP contribution is -2.15. The average Bonchev–Trinajstić information content (AvgIpc) is 2.50. The van der Waals surface area contributed by atoms with Crippen molar-refractivity contribution in [2.24, 2.45) is 0 Å². The Labute approximate surface area is 133 Å². The SMILES string of the molecule is O=C(CCc1cccc(F)c1F)Nc1cc(C(F)(F)F)ccc1F. The maximum absolute atomic E-state index is 13.5. The van der Waals surface area contributed by atoms with E-state index in [0.29, 0.717) is 18.2 Å². The summed E-state index contributed by atoms with van der Waals surface area (Å²) in [7, 11) is 0. The van der Waals surface area contributed by atoms with E-state index in [1.54, 1.807) is 0 Å². The molecule has 2 nitrogen and oxygen atoms in total. The van der Waals surface area contributed by atoms with Crippen LogP contribution in [0.3, 0.4) is 0 Å². The number of hydrogen-bond acceptors (Lipinski definition) is 1. The van der Waals surface area contributed by atoms with Crippen LogP contribution in [-0.2, 0) is 17.4 Å². The normalized spacial score (nSPS) is 11.4. The number of benzene rings is 2. The molecule has 2 rings (SSSR count). The second-order valence-electron chi connectivity index (χ2n) is 4.95. The van der Waals surface area contributed by atoms with Crippen LogP contribution in [0.1, 0.15) is 17.5 Å². The van der Waals surface area contributed by atoms with Crippen LogP contribution in [-0.4, -0.2) is 5.91 Å². The molecule has 2 aromatic rings. The quantitative estimate of drug-likeness (QED) is 0.799. The monoisotopic (exact) mass is 347 g/mol. The lowest BCUT2D eigenvalue weighted by Gasteiger charge is -2.11. The van der Waals surface area contributed by atoms with Gasteiger partial charge in [0.2, 0.25) is 5.91 Å². The van der Waals surface area contributed by atoms with Gasteiger partial charge in [0.15, 0.2) is 11.6 Å². The zero-order valence-corrected chi connectivity index (χ0v) is 12.1. The first kappa shape index (κ1) is 17.8. The Morgan fingerprint density at radius 2 is 1.71 bits per heavy atom. The summed E-state index contributed by atoms with van der Waals surface area (Å²) in [5, 5.41) is 2.00. The van der Waals surface area contributed by atoms with Gasteiger partial charge in [-0.1, -0.05) is 12.1 Å². The molecule has 0 unspecified atom stereocenters. The maximum Gasteiger partial charge on any atom is 0.416 e. The van der Waals surface area contributed by atoms with Crippen LogP contribution in [0, 0.1) is 17.5 Å². The second-order valence-corrected chi connectivity index (χ2v) is 4.95. The van der Waals surface area contributed by atoms with Gasteiger partial charge in [-0.25, -0.2) is 13.2 Å². The Kier molecular flexibility index (Phi) is 5.16. The van der Waals surface area contributed by atoms with E-state index in [2.05, 4.69) is 0 Å². The molecule has 0 aliphatic heterocycles. The Bertz CT molecular complexity index is 757. The van der Waals surface area contributed by atoms with E-state index in [-0.39, 0.29) is 18.4 Å². The lowest BCUT2D eigenvalue weighted by molar-refractivity contribution is -0.137. The fraction of sp³-hybridized carbons (Fsp3) is 0.188. The Morgan fingerprint density at radius 3 is 2.38 bits per heavy atom. The van der Waals surface area contributed by atoms with Crippen molar-refractivity contribution >= 4 is 11.6 Å². The van der Waals surface area contributed by atoms with Gasteiger partial charge < -0.3 is 5.32 Å². The second kappa shape index (κ2) is 6.94. The fourth-order valence-corrected chi connectivity index (χ4v) is 2.00. The fourth-order valence-electron chi connectivity index (χ4n) is 2.00. The van der Waals surface area contributed by atoms with Crippen molar-refractivity contribution < 1.29 is 31.1 Å². The minimum Gasteiger partial charge on any atom is -0.324 e. The van der Waals surface area contributed by atoms with Crippen molar-refractivity contribution in [2.45, 2.75) is 19.0 Å². The standard InChI is InChI=1S/C16H11F6NO/c17-11-6-5-10(16(20,21)22)8-13(11)23-14(24)7-4-9-2-1-3-12(18)15(9)19/h1-3,5-6,8H,4,7H2,(H,23,24). The molecule has 0 fully saturated rings. The minimum absolute atomic E-state index is 0.0605. The van der Waals surface area contributed by atoms with Gasteiger partial charge in [-0.15, -0.1) is 0 Å². The summed E-state index contributed by atoms with van der Waals surface area (Å²) in [6.45, 7) is 0. The number of alkyl halides is 3. The van der Waals surface area contributed by atoms with Crippen molar-refractivity contribution in [3.63, 3.8) is 0 Å². The van der Waals surface area contributed by atoms with Crippen LogP contribution in [0.15, 0.2) is 36.4 Å². The number of nitrogens with one attached hydrogen (secondary N) is 1. The van der Waals surface area contributed by atoms with Crippen molar-refractivity contribution in [3.05, 3.63) is 65.0 Å². The van der Waals surface area contributed by atoms with Crippen LogP contribution in [0.4, 0.5) is 32.0 Å². The number of anilines is 1. The number of rotatable bonds is 4. The van der Waals surface area contributed by atoms with Crippen molar-refractivity contribution in [1.82, 2.24) is 0 Å². The minimum atomic E-state index is -4.68. The van der Waals surface area contributed by atoms with Gasteiger partial charge in [0, 0.05) is 6.42 Å². The molecule has 0 aliphatic rings. The molecule has 0 bridgehead atoms. The predicted octanol–water partition coefficient (Wildman–Crippen LogP) is 4.69. The Hall–Kier alpha value is -2.51. The van der Waals surface area contributed by atoms with E-state index in [4.69, 9.17) is 0 Å². The van der Waals surface area contributed by atoms with Crippen molar-refractivity contribution in [2.75, 3.05) is 5.32 Å². The Balaban J connectivity index is 2.06. The van der Waals surface area contributed by atoms with Gasteiger partial charge in [-0.3, -0.25) is 4.79 Å². The van der Waals surface area contributed by atoms with Gasteiger partial charge in [0.25, 0.3) is 0 Å². The molecule has 128 valence electrons. The van der Waals surface area contributed by atoms with Crippen molar-refractivity contribution in [1.29, 1.82) is 0 Å². The first-order chi connectivity index (χ1) is 11.2. The average molecular weight is 347 g/mol. The topological polar surface area (TPSA) is 29.1 Å². The molecule has 1 amide bonds. The summed E-state index contributed by atoms with van der Waals surface area (Å²) in [6, 6.07) is 5.05. The zero-order chi connectivity index (χ0) is 17.9. The number of carbonyl (C=O) groups excluding carboxylic acids is 1. The summed E-state index contributed by atoms with van der Waals surface area (Å²) in [5.74, 6) is -4.03. The molecule has 0 spiro atoms. The molecule has 0 heterocycles. The van der Waals surface area contributed by atoms with E-state index in [1.807, 2.05) is 5.32 Å². The van der Waals surface area contributed by atoms with E-state index in [1.165, 1.54) is 12.1 Å². The van der Waals surface area contributed by atoms with Crippen LogP contribution in [0.5, 0.6) is 0 Å². The predicted molar refractivity (Wildman–Crippen MR) is 74.7 cm³/mol. The molecule has 8 heteroatoms. The number of halogens is 6. The van der Waals surface area contributed by atoms with Crippen LogP contribution >= 0.6 is 0 Å². The molecule has 0 aliphatic carbocycles. The Morgan fingerprint density at radius 1 is 1.00 bits per heavy atom. The van der Waals surface area contributed by atoms with E-state index < -0.39 is 40.8 Å². The highest BCUT2D eigenvalue weighted by molar-refractivity contribution is 5.91. The molecule has 1 N–H and O–H groups in total. The number of aryl methyl sites for hydroxylation is 1. The van der Waals surface area contributed by atoms with E-state index in [9.17, 15) is 31.1 Å². The molecular formula is C16H11F6NO. The summed E-state index contributed by atoms with van der Waals surface area (Å²) in [4.78, 5) is 11.7. The van der Waals surface area contributed by atoms with Gasteiger partial charge >= 0.3 is 6.18 Å². The van der Waals surface area contributed by atoms with Gasteiger partial charge in [-0.2, -0.15) is 13.2 Å². The van der Waals surface area contributed by atoms with Crippen LogP contribution in [0.25, 0.3) is 0 Å². The summed E-state index contributed by atoms with van der Waals surface area (Å²) < 4.78 is 77.7. The van der Waals surface area contributed by atoms with E-state index in [0.717, 1.165) is 6.07 Å². The third kappa shape index (κ3) is 4.27.